The highest BCUT2D eigenvalue weighted by Crippen LogP contribution is 2.22. The lowest BCUT2D eigenvalue weighted by Crippen LogP contribution is -2.18. The summed E-state index contributed by atoms with van der Waals surface area (Å²) >= 11 is 5.84. The van der Waals surface area contributed by atoms with Gasteiger partial charge in [0.15, 0.2) is 0 Å². The third-order valence-electron chi connectivity index (χ3n) is 2.82. The minimum atomic E-state index is -0.447. The van der Waals surface area contributed by atoms with Gasteiger partial charge >= 0.3 is 0 Å². The number of nitrogens with zero attached hydrogens (tertiary/aromatic N) is 1. The molecule has 2 atom stereocenters. The summed E-state index contributed by atoms with van der Waals surface area (Å²) in [7, 11) is 0. The fourth-order valence-electron chi connectivity index (χ4n) is 1.85. The van der Waals surface area contributed by atoms with Crippen molar-refractivity contribution in [2.75, 3.05) is 0 Å². The van der Waals surface area contributed by atoms with Crippen LogP contribution in [0.4, 0.5) is 0 Å². The van der Waals surface area contributed by atoms with Gasteiger partial charge in [0.05, 0.1) is 6.10 Å². The number of hydrogen-bond acceptors (Lipinski definition) is 2. The number of aliphatic hydroxyl groups is 1. The maximum absolute atomic E-state index is 9.81. The molecule has 2 aromatic rings. The first-order valence-electron chi connectivity index (χ1n) is 5.58. The molecule has 0 saturated carbocycles. The Morgan fingerprint density at radius 3 is 2.50 bits per heavy atom. The van der Waals surface area contributed by atoms with Crippen LogP contribution in [0.3, 0.4) is 0 Å². The summed E-state index contributed by atoms with van der Waals surface area (Å²) in [5, 5.41) is 10.5. The average molecular weight is 287 g/mol. The molecule has 2 rings (SSSR count). The summed E-state index contributed by atoms with van der Waals surface area (Å²) in [6.45, 7) is 1.78. The van der Waals surface area contributed by atoms with Crippen molar-refractivity contribution < 1.29 is 5.11 Å². The van der Waals surface area contributed by atoms with Gasteiger partial charge in [-0.05, 0) is 31.0 Å². The van der Waals surface area contributed by atoms with E-state index in [2.05, 4.69) is 9.97 Å². The van der Waals surface area contributed by atoms with E-state index in [-0.39, 0.29) is 18.3 Å². The van der Waals surface area contributed by atoms with Crippen molar-refractivity contribution in [2.45, 2.75) is 25.4 Å². The van der Waals surface area contributed by atoms with E-state index in [0.29, 0.717) is 0 Å². The zero-order valence-electron chi connectivity index (χ0n) is 10.0. The lowest BCUT2D eigenvalue weighted by molar-refractivity contribution is 0.158. The second-order valence-electron chi connectivity index (χ2n) is 4.15. The molecule has 3 nitrogen and oxygen atoms in total. The SMILES string of the molecule is CC(O)C(Cc1ccc(Cl)cc1)c1ncc[nH]1.Cl. The summed E-state index contributed by atoms with van der Waals surface area (Å²) in [5.41, 5.74) is 1.14. The van der Waals surface area contributed by atoms with Gasteiger partial charge in [0.1, 0.15) is 5.82 Å². The first-order chi connectivity index (χ1) is 8.16. The van der Waals surface area contributed by atoms with Gasteiger partial charge in [0.2, 0.25) is 0 Å². The molecule has 5 heteroatoms. The van der Waals surface area contributed by atoms with Crippen LogP contribution in [0, 0.1) is 0 Å². The minimum absolute atomic E-state index is 0. The quantitative estimate of drug-likeness (QED) is 0.907. The van der Waals surface area contributed by atoms with Crippen LogP contribution >= 0.6 is 24.0 Å². The van der Waals surface area contributed by atoms with Gasteiger partial charge in [0, 0.05) is 23.3 Å². The molecular weight excluding hydrogens is 271 g/mol. The first kappa shape index (κ1) is 15.0. The molecule has 0 aliphatic carbocycles. The number of aliphatic hydroxyl groups excluding tert-OH is 1. The van der Waals surface area contributed by atoms with Crippen molar-refractivity contribution >= 4 is 24.0 Å². The number of aromatic nitrogens is 2. The monoisotopic (exact) mass is 286 g/mol. The van der Waals surface area contributed by atoms with Crippen LogP contribution in [0.5, 0.6) is 0 Å². The van der Waals surface area contributed by atoms with Crippen molar-refractivity contribution in [1.29, 1.82) is 0 Å². The molecule has 0 fully saturated rings. The highest BCUT2D eigenvalue weighted by atomic mass is 35.5. The van der Waals surface area contributed by atoms with E-state index >= 15 is 0 Å². The van der Waals surface area contributed by atoms with E-state index in [9.17, 15) is 5.11 Å². The fourth-order valence-corrected chi connectivity index (χ4v) is 1.98. The summed E-state index contributed by atoms with van der Waals surface area (Å²) in [4.78, 5) is 7.26. The molecule has 0 aliphatic heterocycles. The summed E-state index contributed by atoms with van der Waals surface area (Å²) in [6, 6.07) is 7.66. The number of nitrogens with one attached hydrogen (secondary N) is 1. The van der Waals surface area contributed by atoms with Crippen molar-refractivity contribution in [1.82, 2.24) is 9.97 Å². The van der Waals surface area contributed by atoms with Gasteiger partial charge in [0.25, 0.3) is 0 Å². The molecule has 0 saturated heterocycles. The molecule has 1 aromatic carbocycles. The molecule has 1 heterocycles. The Kier molecular flexibility index (Phi) is 5.66. The van der Waals surface area contributed by atoms with Gasteiger partial charge in [-0.3, -0.25) is 0 Å². The van der Waals surface area contributed by atoms with Crippen LogP contribution in [0.15, 0.2) is 36.7 Å². The van der Waals surface area contributed by atoms with Crippen LogP contribution < -0.4 is 0 Å². The largest absolute Gasteiger partial charge is 0.393 e. The van der Waals surface area contributed by atoms with Crippen LogP contribution in [0.1, 0.15) is 24.2 Å². The highest BCUT2D eigenvalue weighted by molar-refractivity contribution is 6.30. The Morgan fingerprint density at radius 2 is 2.00 bits per heavy atom. The highest BCUT2D eigenvalue weighted by Gasteiger charge is 2.20. The number of aromatic amines is 1. The molecule has 1 aromatic heterocycles. The van der Waals surface area contributed by atoms with Gasteiger partial charge < -0.3 is 10.1 Å². The van der Waals surface area contributed by atoms with E-state index in [1.807, 2.05) is 24.3 Å². The molecule has 0 spiro atoms. The zero-order valence-corrected chi connectivity index (χ0v) is 11.6. The molecule has 2 unspecified atom stereocenters. The van der Waals surface area contributed by atoms with E-state index in [4.69, 9.17) is 11.6 Å². The summed E-state index contributed by atoms with van der Waals surface area (Å²) in [6.07, 6.45) is 3.76. The Hall–Kier alpha value is -1.03. The number of hydrogen-bond donors (Lipinski definition) is 2. The lowest BCUT2D eigenvalue weighted by Gasteiger charge is -2.17. The van der Waals surface area contributed by atoms with Crippen molar-refractivity contribution in [3.8, 4) is 0 Å². The van der Waals surface area contributed by atoms with Gasteiger partial charge in [-0.2, -0.15) is 0 Å². The predicted octanol–water partition coefficient (Wildman–Crippen LogP) is 3.19. The average Bonchev–Trinajstić information content (AvgIpc) is 2.81. The smallest absolute Gasteiger partial charge is 0.112 e. The summed E-state index contributed by atoms with van der Waals surface area (Å²) < 4.78 is 0. The number of imidazole rings is 1. The molecule has 2 N–H and O–H groups in total. The van der Waals surface area contributed by atoms with Gasteiger partial charge in [-0.1, -0.05) is 23.7 Å². The van der Waals surface area contributed by atoms with E-state index in [0.717, 1.165) is 22.8 Å². The molecule has 0 radical (unpaired) electrons. The lowest BCUT2D eigenvalue weighted by atomic mass is 9.94. The summed E-state index contributed by atoms with van der Waals surface area (Å²) in [5.74, 6) is 0.793. The molecule has 98 valence electrons. The van der Waals surface area contributed by atoms with Crippen LogP contribution in [0.2, 0.25) is 5.02 Å². The van der Waals surface area contributed by atoms with Crippen LogP contribution in [-0.2, 0) is 6.42 Å². The van der Waals surface area contributed by atoms with Crippen LogP contribution in [-0.4, -0.2) is 21.2 Å². The topological polar surface area (TPSA) is 48.9 Å². The molecule has 0 aliphatic rings. The molecule has 0 amide bonds. The number of benzene rings is 1. The Morgan fingerprint density at radius 1 is 1.33 bits per heavy atom. The second-order valence-corrected chi connectivity index (χ2v) is 4.59. The molecular formula is C13H16Cl2N2O. The van der Waals surface area contributed by atoms with Crippen molar-refractivity contribution in [2.24, 2.45) is 0 Å². The number of halogens is 2. The third kappa shape index (κ3) is 3.73. The first-order valence-corrected chi connectivity index (χ1v) is 5.96. The maximum atomic E-state index is 9.81. The standard InChI is InChI=1S/C13H15ClN2O.ClH/c1-9(17)12(13-15-6-7-16-13)8-10-2-4-11(14)5-3-10;/h2-7,9,12,17H,8H2,1H3,(H,15,16);1H. The minimum Gasteiger partial charge on any atom is -0.393 e. The zero-order chi connectivity index (χ0) is 12.3. The molecule has 0 bridgehead atoms. The second kappa shape index (κ2) is 6.78. The van der Waals surface area contributed by atoms with Crippen LogP contribution in [0.25, 0.3) is 0 Å². The Balaban J connectivity index is 0.00000162. The van der Waals surface area contributed by atoms with Crippen molar-refractivity contribution in [3.05, 3.63) is 53.1 Å². The van der Waals surface area contributed by atoms with E-state index < -0.39 is 6.10 Å². The van der Waals surface area contributed by atoms with Gasteiger partial charge in [-0.25, -0.2) is 4.98 Å². The predicted molar refractivity (Wildman–Crippen MR) is 75.4 cm³/mol. The normalized spacial score (nSPS) is 13.7. The van der Waals surface area contributed by atoms with Crippen molar-refractivity contribution in [3.63, 3.8) is 0 Å². The Bertz CT molecular complexity index is 454. The number of H-pyrrole nitrogens is 1. The number of rotatable bonds is 4. The molecule has 18 heavy (non-hydrogen) atoms. The van der Waals surface area contributed by atoms with E-state index in [1.165, 1.54) is 0 Å². The fraction of sp³-hybridized carbons (Fsp3) is 0.308. The Labute approximate surface area is 118 Å². The van der Waals surface area contributed by atoms with E-state index in [1.54, 1.807) is 19.3 Å². The van der Waals surface area contributed by atoms with Gasteiger partial charge in [-0.15, -0.1) is 12.4 Å². The third-order valence-corrected chi connectivity index (χ3v) is 3.07. The maximum Gasteiger partial charge on any atom is 0.112 e.